The van der Waals surface area contributed by atoms with E-state index in [1.54, 1.807) is 0 Å². The molecular formula is C19H30O3. The number of aliphatic hydroxyl groups is 3. The Labute approximate surface area is 133 Å². The standard InChI is InChI=1S/C19H30O3/c1-18-8-7-14-12(13(18)5-6-17(18)22)4-3-11-9-15(20)16(21)10-19(11,14)2/h9,12-17,20-22H,3-8,10H2,1-2H3/t12-,13?,14?,15-,16-,17-,18-,19-/m0/s1. The minimum absolute atomic E-state index is 0.0520. The highest BCUT2D eigenvalue weighted by Gasteiger charge is 2.59. The molecule has 4 aliphatic carbocycles. The van der Waals surface area contributed by atoms with Crippen LogP contribution < -0.4 is 0 Å². The topological polar surface area (TPSA) is 60.7 Å². The highest BCUT2D eigenvalue weighted by atomic mass is 16.3. The zero-order chi connectivity index (χ0) is 15.7. The van der Waals surface area contributed by atoms with Crippen molar-refractivity contribution in [3.05, 3.63) is 11.6 Å². The average Bonchev–Trinajstić information content (AvgIpc) is 2.77. The van der Waals surface area contributed by atoms with Gasteiger partial charge in [0, 0.05) is 0 Å². The summed E-state index contributed by atoms with van der Waals surface area (Å²) in [6.45, 7) is 4.62. The van der Waals surface area contributed by atoms with Crippen molar-refractivity contribution < 1.29 is 15.3 Å². The van der Waals surface area contributed by atoms with E-state index >= 15 is 0 Å². The number of fused-ring (bicyclic) bond motifs is 5. The van der Waals surface area contributed by atoms with Crippen molar-refractivity contribution in [1.82, 2.24) is 0 Å². The number of hydrogen-bond acceptors (Lipinski definition) is 3. The van der Waals surface area contributed by atoms with Gasteiger partial charge in [-0.05, 0) is 73.5 Å². The van der Waals surface area contributed by atoms with Gasteiger partial charge in [0.25, 0.3) is 0 Å². The van der Waals surface area contributed by atoms with Gasteiger partial charge >= 0.3 is 0 Å². The molecule has 8 atom stereocenters. The van der Waals surface area contributed by atoms with E-state index in [2.05, 4.69) is 13.8 Å². The van der Waals surface area contributed by atoms with E-state index in [0.29, 0.717) is 24.2 Å². The van der Waals surface area contributed by atoms with Crippen LogP contribution in [0.15, 0.2) is 11.6 Å². The minimum atomic E-state index is -0.679. The number of aliphatic hydroxyl groups excluding tert-OH is 3. The fraction of sp³-hybridized carbons (Fsp3) is 0.895. The van der Waals surface area contributed by atoms with Gasteiger partial charge in [0.05, 0.1) is 18.3 Å². The van der Waals surface area contributed by atoms with Crippen molar-refractivity contribution in [3.63, 3.8) is 0 Å². The van der Waals surface area contributed by atoms with Gasteiger partial charge in [-0.25, -0.2) is 0 Å². The van der Waals surface area contributed by atoms with E-state index < -0.39 is 12.2 Å². The third kappa shape index (κ3) is 1.85. The summed E-state index contributed by atoms with van der Waals surface area (Å²) in [6, 6.07) is 0. The van der Waals surface area contributed by atoms with E-state index in [-0.39, 0.29) is 16.9 Å². The second-order valence-electron chi connectivity index (χ2n) is 8.92. The molecule has 2 unspecified atom stereocenters. The third-order valence-corrected chi connectivity index (χ3v) is 8.09. The molecular weight excluding hydrogens is 276 g/mol. The normalized spacial score (nSPS) is 57.6. The molecule has 3 nitrogen and oxygen atoms in total. The quantitative estimate of drug-likeness (QED) is 0.603. The summed E-state index contributed by atoms with van der Waals surface area (Å²) in [5, 5.41) is 30.7. The van der Waals surface area contributed by atoms with Crippen LogP contribution in [0.25, 0.3) is 0 Å². The molecule has 3 N–H and O–H groups in total. The van der Waals surface area contributed by atoms with Crippen LogP contribution in [0, 0.1) is 28.6 Å². The highest BCUT2D eigenvalue weighted by molar-refractivity contribution is 5.26. The maximum Gasteiger partial charge on any atom is 0.0983 e. The molecule has 0 heterocycles. The predicted molar refractivity (Wildman–Crippen MR) is 85.1 cm³/mol. The van der Waals surface area contributed by atoms with Crippen molar-refractivity contribution in [2.24, 2.45) is 28.6 Å². The zero-order valence-electron chi connectivity index (χ0n) is 13.8. The van der Waals surface area contributed by atoms with Crippen LogP contribution in [0.1, 0.15) is 58.8 Å². The van der Waals surface area contributed by atoms with Crippen LogP contribution in [0.3, 0.4) is 0 Å². The molecule has 4 rings (SSSR count). The third-order valence-electron chi connectivity index (χ3n) is 8.09. The fourth-order valence-corrected chi connectivity index (χ4v) is 6.73. The maximum atomic E-state index is 10.5. The van der Waals surface area contributed by atoms with Gasteiger partial charge in [0.2, 0.25) is 0 Å². The first kappa shape index (κ1) is 15.2. The predicted octanol–water partition coefficient (Wildman–Crippen LogP) is 2.64. The number of hydrogen-bond donors (Lipinski definition) is 3. The summed E-state index contributed by atoms with van der Waals surface area (Å²) in [5.41, 5.74) is 1.55. The Bertz CT molecular complexity index is 501. The molecule has 0 spiro atoms. The lowest BCUT2D eigenvalue weighted by atomic mass is 9.47. The van der Waals surface area contributed by atoms with Crippen molar-refractivity contribution >= 4 is 0 Å². The zero-order valence-corrected chi connectivity index (χ0v) is 13.8. The summed E-state index contributed by atoms with van der Waals surface area (Å²) in [4.78, 5) is 0. The monoisotopic (exact) mass is 306 g/mol. The number of allylic oxidation sites excluding steroid dienone is 1. The van der Waals surface area contributed by atoms with E-state index in [9.17, 15) is 15.3 Å². The smallest absolute Gasteiger partial charge is 0.0983 e. The van der Waals surface area contributed by atoms with Crippen LogP contribution >= 0.6 is 0 Å². The van der Waals surface area contributed by atoms with E-state index in [1.165, 1.54) is 18.4 Å². The molecule has 0 aromatic carbocycles. The van der Waals surface area contributed by atoms with Crippen molar-refractivity contribution in [2.45, 2.75) is 77.1 Å². The lowest BCUT2D eigenvalue weighted by Gasteiger charge is -2.58. The van der Waals surface area contributed by atoms with Crippen LogP contribution in [-0.2, 0) is 0 Å². The molecule has 0 aromatic rings. The highest BCUT2D eigenvalue weighted by Crippen LogP contribution is 2.65. The Morgan fingerprint density at radius 2 is 1.77 bits per heavy atom. The first-order chi connectivity index (χ1) is 10.4. The van der Waals surface area contributed by atoms with Crippen molar-refractivity contribution in [3.8, 4) is 0 Å². The molecule has 22 heavy (non-hydrogen) atoms. The molecule has 0 bridgehead atoms. The van der Waals surface area contributed by atoms with Crippen molar-refractivity contribution in [2.75, 3.05) is 0 Å². The lowest BCUT2D eigenvalue weighted by molar-refractivity contribution is -0.0915. The Balaban J connectivity index is 1.68. The Morgan fingerprint density at radius 1 is 1.00 bits per heavy atom. The van der Waals surface area contributed by atoms with Crippen LogP contribution in [0.4, 0.5) is 0 Å². The van der Waals surface area contributed by atoms with Gasteiger partial charge in [-0.3, -0.25) is 0 Å². The van der Waals surface area contributed by atoms with Gasteiger partial charge in [0.15, 0.2) is 0 Å². The van der Waals surface area contributed by atoms with Gasteiger partial charge in [-0.15, -0.1) is 0 Å². The first-order valence-electron chi connectivity index (χ1n) is 9.11. The molecule has 3 heteroatoms. The average molecular weight is 306 g/mol. The van der Waals surface area contributed by atoms with E-state index in [0.717, 1.165) is 25.7 Å². The van der Waals surface area contributed by atoms with Gasteiger partial charge in [-0.2, -0.15) is 0 Å². The molecule has 0 aliphatic heterocycles. The lowest BCUT2D eigenvalue weighted by Crippen LogP contribution is -2.53. The maximum absolute atomic E-state index is 10.5. The molecule has 0 aromatic heterocycles. The van der Waals surface area contributed by atoms with Gasteiger partial charge in [-0.1, -0.05) is 25.5 Å². The molecule has 3 saturated carbocycles. The molecule has 0 radical (unpaired) electrons. The summed E-state index contributed by atoms with van der Waals surface area (Å²) in [6.07, 6.45) is 7.89. The number of rotatable bonds is 0. The Hall–Kier alpha value is -0.380. The molecule has 124 valence electrons. The summed E-state index contributed by atoms with van der Waals surface area (Å²) in [5.74, 6) is 1.93. The van der Waals surface area contributed by atoms with Gasteiger partial charge in [0.1, 0.15) is 0 Å². The Morgan fingerprint density at radius 3 is 2.55 bits per heavy atom. The van der Waals surface area contributed by atoms with Crippen LogP contribution in [0.5, 0.6) is 0 Å². The first-order valence-corrected chi connectivity index (χ1v) is 9.11. The van der Waals surface area contributed by atoms with Gasteiger partial charge < -0.3 is 15.3 Å². The largest absolute Gasteiger partial charge is 0.393 e. The summed E-state index contributed by atoms with van der Waals surface area (Å²) < 4.78 is 0. The van der Waals surface area contributed by atoms with Crippen LogP contribution in [-0.4, -0.2) is 33.6 Å². The van der Waals surface area contributed by atoms with E-state index in [1.807, 2.05) is 6.08 Å². The second-order valence-corrected chi connectivity index (χ2v) is 8.92. The Kier molecular flexibility index (Phi) is 3.32. The van der Waals surface area contributed by atoms with E-state index in [4.69, 9.17) is 0 Å². The summed E-state index contributed by atoms with van der Waals surface area (Å²) in [7, 11) is 0. The minimum Gasteiger partial charge on any atom is -0.393 e. The van der Waals surface area contributed by atoms with Crippen molar-refractivity contribution in [1.29, 1.82) is 0 Å². The molecule has 0 saturated heterocycles. The van der Waals surface area contributed by atoms with Crippen LogP contribution in [0.2, 0.25) is 0 Å². The second kappa shape index (κ2) is 4.81. The molecule has 0 amide bonds. The molecule has 3 fully saturated rings. The molecule has 4 aliphatic rings. The fourth-order valence-electron chi connectivity index (χ4n) is 6.73. The SMILES string of the molecule is C[C@]12C[C@H](O)[C@@H](O)C=C1CC[C@@H]1C2CC[C@@]2(C)C1CC[C@@H]2O. The summed E-state index contributed by atoms with van der Waals surface area (Å²) >= 11 is 0.